The van der Waals surface area contributed by atoms with E-state index in [2.05, 4.69) is 17.4 Å². The zero-order valence-electron chi connectivity index (χ0n) is 11.5. The molecule has 0 saturated carbocycles. The first-order valence-corrected chi connectivity index (χ1v) is 7.55. The number of likely N-dealkylation sites (tertiary alicyclic amines) is 1. The fraction of sp³-hybridized carbons (Fsp3) is 0.400. The Kier molecular flexibility index (Phi) is 5.02. The number of halogens is 1. The molecule has 1 atom stereocenters. The van der Waals surface area contributed by atoms with Gasteiger partial charge < -0.3 is 10.2 Å². The predicted molar refractivity (Wildman–Crippen MR) is 87.1 cm³/mol. The van der Waals surface area contributed by atoms with Gasteiger partial charge >= 0.3 is 0 Å². The molecule has 1 aromatic heterocycles. The van der Waals surface area contributed by atoms with Crippen LogP contribution >= 0.6 is 23.7 Å². The van der Waals surface area contributed by atoms with Crippen molar-refractivity contribution in [3.8, 4) is 0 Å². The third-order valence-electron chi connectivity index (χ3n) is 3.71. The lowest BCUT2D eigenvalue weighted by Gasteiger charge is -2.23. The molecule has 1 N–H and O–H groups in total. The molecular weight excluding hydrogens is 292 g/mol. The number of hydrogen-bond donors (Lipinski definition) is 1. The van der Waals surface area contributed by atoms with E-state index in [1.54, 1.807) is 11.3 Å². The number of fused-ring (bicyclic) bond motifs is 1. The summed E-state index contributed by atoms with van der Waals surface area (Å²) < 4.78 is 1.19. The highest BCUT2D eigenvalue weighted by molar-refractivity contribution is 7.20. The number of amides is 1. The van der Waals surface area contributed by atoms with Crippen LogP contribution in [0.4, 0.5) is 0 Å². The van der Waals surface area contributed by atoms with Gasteiger partial charge in [0.25, 0.3) is 5.91 Å². The largest absolute Gasteiger partial charge is 0.334 e. The van der Waals surface area contributed by atoms with Gasteiger partial charge in [-0.15, -0.1) is 23.7 Å². The van der Waals surface area contributed by atoms with Gasteiger partial charge in [-0.3, -0.25) is 4.79 Å². The van der Waals surface area contributed by atoms with Gasteiger partial charge in [0, 0.05) is 23.8 Å². The van der Waals surface area contributed by atoms with E-state index >= 15 is 0 Å². The number of nitrogens with zero attached hydrogens (tertiary/aromatic N) is 1. The standard InChI is InChI=1S/C15H18N2OS.ClH/c1-16-10-12-6-4-8-17(12)15(18)14-9-11-5-2-3-7-13(11)19-14;/h2-3,5,7,9,12,16H,4,6,8,10H2,1H3;1H. The van der Waals surface area contributed by atoms with E-state index in [0.29, 0.717) is 6.04 Å². The average molecular weight is 311 g/mol. The van der Waals surface area contributed by atoms with Crippen LogP contribution in [0.2, 0.25) is 0 Å². The van der Waals surface area contributed by atoms with Gasteiger partial charge in [-0.25, -0.2) is 0 Å². The molecule has 1 saturated heterocycles. The van der Waals surface area contributed by atoms with E-state index in [-0.39, 0.29) is 18.3 Å². The lowest BCUT2D eigenvalue weighted by atomic mass is 10.2. The Morgan fingerprint density at radius 2 is 2.25 bits per heavy atom. The summed E-state index contributed by atoms with van der Waals surface area (Å²) in [5.74, 6) is 0.193. The molecule has 0 radical (unpaired) electrons. The van der Waals surface area contributed by atoms with Crippen molar-refractivity contribution < 1.29 is 4.79 Å². The molecule has 0 aliphatic carbocycles. The number of nitrogens with one attached hydrogen (secondary N) is 1. The number of rotatable bonds is 3. The molecule has 5 heteroatoms. The van der Waals surface area contributed by atoms with Crippen LogP contribution in [0.15, 0.2) is 30.3 Å². The Hall–Kier alpha value is -1.10. The number of likely N-dealkylation sites (N-methyl/N-ethyl adjacent to an activating group) is 1. The van der Waals surface area contributed by atoms with Crippen LogP contribution in [0.5, 0.6) is 0 Å². The molecule has 1 aliphatic heterocycles. The normalized spacial score (nSPS) is 18.2. The molecule has 0 bridgehead atoms. The van der Waals surface area contributed by atoms with Crippen molar-refractivity contribution in [3.05, 3.63) is 35.2 Å². The number of benzene rings is 1. The second-order valence-corrected chi connectivity index (χ2v) is 6.08. The third-order valence-corrected chi connectivity index (χ3v) is 4.82. The number of thiophene rings is 1. The highest BCUT2D eigenvalue weighted by Gasteiger charge is 2.29. The van der Waals surface area contributed by atoms with Crippen LogP contribution < -0.4 is 5.32 Å². The van der Waals surface area contributed by atoms with Gasteiger partial charge in [0.05, 0.1) is 4.88 Å². The van der Waals surface area contributed by atoms with Gasteiger partial charge in [0.1, 0.15) is 0 Å². The van der Waals surface area contributed by atoms with Gasteiger partial charge in [-0.1, -0.05) is 18.2 Å². The molecule has 3 nitrogen and oxygen atoms in total. The van der Waals surface area contributed by atoms with Crippen LogP contribution in [0.25, 0.3) is 10.1 Å². The first kappa shape index (κ1) is 15.3. The molecule has 2 aromatic rings. The lowest BCUT2D eigenvalue weighted by Crippen LogP contribution is -2.40. The van der Waals surface area contributed by atoms with E-state index in [9.17, 15) is 4.79 Å². The fourth-order valence-electron chi connectivity index (χ4n) is 2.78. The summed E-state index contributed by atoms with van der Waals surface area (Å²) in [5.41, 5.74) is 0. The topological polar surface area (TPSA) is 32.3 Å². The minimum absolute atomic E-state index is 0. The highest BCUT2D eigenvalue weighted by atomic mass is 35.5. The van der Waals surface area contributed by atoms with Gasteiger partial charge in [0.15, 0.2) is 0 Å². The molecule has 1 amide bonds. The van der Waals surface area contributed by atoms with Crippen LogP contribution in [-0.2, 0) is 0 Å². The molecule has 3 rings (SSSR count). The quantitative estimate of drug-likeness (QED) is 0.944. The van der Waals surface area contributed by atoms with Gasteiger partial charge in [-0.05, 0) is 37.4 Å². The maximum absolute atomic E-state index is 12.6. The first-order chi connectivity index (χ1) is 9.29. The van der Waals surface area contributed by atoms with E-state index in [4.69, 9.17) is 0 Å². The van der Waals surface area contributed by atoms with Crippen molar-refractivity contribution in [1.29, 1.82) is 0 Å². The summed E-state index contributed by atoms with van der Waals surface area (Å²) in [6.07, 6.45) is 2.22. The van der Waals surface area contributed by atoms with Crippen molar-refractivity contribution in [2.75, 3.05) is 20.1 Å². The Labute approximate surface area is 129 Å². The van der Waals surface area contributed by atoms with Crippen LogP contribution in [0, 0.1) is 0 Å². The second-order valence-electron chi connectivity index (χ2n) is 5.00. The van der Waals surface area contributed by atoms with E-state index in [1.165, 1.54) is 10.1 Å². The summed E-state index contributed by atoms with van der Waals surface area (Å²) in [5, 5.41) is 4.35. The van der Waals surface area contributed by atoms with Crippen molar-refractivity contribution in [2.45, 2.75) is 18.9 Å². The van der Waals surface area contributed by atoms with Gasteiger partial charge in [0.2, 0.25) is 0 Å². The average Bonchev–Trinajstić information content (AvgIpc) is 3.04. The van der Waals surface area contributed by atoms with Crippen molar-refractivity contribution in [2.24, 2.45) is 0 Å². The van der Waals surface area contributed by atoms with Crippen LogP contribution in [-0.4, -0.2) is 37.0 Å². The third kappa shape index (κ3) is 2.82. The number of carbonyl (C=O) groups is 1. The van der Waals surface area contributed by atoms with Crippen LogP contribution in [0.1, 0.15) is 22.5 Å². The maximum atomic E-state index is 12.6. The molecule has 20 heavy (non-hydrogen) atoms. The smallest absolute Gasteiger partial charge is 0.264 e. The Morgan fingerprint density at radius 3 is 3.00 bits per heavy atom. The summed E-state index contributed by atoms with van der Waals surface area (Å²) in [4.78, 5) is 15.5. The van der Waals surface area contributed by atoms with E-state index in [0.717, 1.165) is 30.8 Å². The molecule has 2 heterocycles. The minimum atomic E-state index is 0. The monoisotopic (exact) mass is 310 g/mol. The highest BCUT2D eigenvalue weighted by Crippen LogP contribution is 2.28. The van der Waals surface area contributed by atoms with E-state index in [1.807, 2.05) is 30.1 Å². The molecule has 1 unspecified atom stereocenters. The van der Waals surface area contributed by atoms with E-state index < -0.39 is 0 Å². The lowest BCUT2D eigenvalue weighted by molar-refractivity contribution is 0.0742. The maximum Gasteiger partial charge on any atom is 0.264 e. The zero-order chi connectivity index (χ0) is 13.2. The SMILES string of the molecule is CNCC1CCCN1C(=O)c1cc2ccccc2s1.Cl. The van der Waals surface area contributed by atoms with Crippen LogP contribution in [0.3, 0.4) is 0 Å². The number of carbonyl (C=O) groups excluding carboxylic acids is 1. The summed E-state index contributed by atoms with van der Waals surface area (Å²) in [6, 6.07) is 10.6. The Balaban J connectivity index is 0.00000147. The summed E-state index contributed by atoms with van der Waals surface area (Å²) >= 11 is 1.60. The fourth-order valence-corrected chi connectivity index (χ4v) is 3.80. The molecule has 1 aromatic carbocycles. The molecule has 1 aliphatic rings. The summed E-state index contributed by atoms with van der Waals surface area (Å²) in [7, 11) is 1.94. The van der Waals surface area contributed by atoms with Crippen molar-refractivity contribution in [3.63, 3.8) is 0 Å². The molecule has 108 valence electrons. The molecular formula is C15H19ClN2OS. The Bertz CT molecular complexity index is 565. The summed E-state index contributed by atoms with van der Waals surface area (Å²) in [6.45, 7) is 1.77. The molecule has 0 spiro atoms. The van der Waals surface area contributed by atoms with Gasteiger partial charge in [-0.2, -0.15) is 0 Å². The first-order valence-electron chi connectivity index (χ1n) is 6.74. The second kappa shape index (κ2) is 6.57. The molecule has 1 fully saturated rings. The zero-order valence-corrected chi connectivity index (χ0v) is 13.1. The number of hydrogen-bond acceptors (Lipinski definition) is 3. The van der Waals surface area contributed by atoms with Crippen molar-refractivity contribution in [1.82, 2.24) is 10.2 Å². The minimum Gasteiger partial charge on any atom is -0.334 e. The van der Waals surface area contributed by atoms with Crippen molar-refractivity contribution >= 4 is 39.7 Å². The Morgan fingerprint density at radius 1 is 1.45 bits per heavy atom. The predicted octanol–water partition coefficient (Wildman–Crippen LogP) is 3.15.